The van der Waals surface area contributed by atoms with E-state index in [1.165, 1.54) is 17.1 Å². The van der Waals surface area contributed by atoms with Gasteiger partial charge in [-0.25, -0.2) is 23.8 Å². The van der Waals surface area contributed by atoms with Gasteiger partial charge in [-0.1, -0.05) is 12.1 Å². The lowest BCUT2D eigenvalue weighted by atomic mass is 10.1. The van der Waals surface area contributed by atoms with E-state index in [1.807, 2.05) is 0 Å². The van der Waals surface area contributed by atoms with Crippen LogP contribution in [0.25, 0.3) is 16.7 Å². The van der Waals surface area contributed by atoms with Crippen LogP contribution in [0.1, 0.15) is 12.8 Å². The van der Waals surface area contributed by atoms with Gasteiger partial charge in [0.15, 0.2) is 5.65 Å². The van der Waals surface area contributed by atoms with Gasteiger partial charge in [0, 0.05) is 26.2 Å². The van der Waals surface area contributed by atoms with Gasteiger partial charge in [-0.15, -0.1) is 0 Å². The summed E-state index contributed by atoms with van der Waals surface area (Å²) in [6.45, 7) is 1.51. The van der Waals surface area contributed by atoms with Gasteiger partial charge < -0.3 is 15.5 Å². The summed E-state index contributed by atoms with van der Waals surface area (Å²) in [5, 5.41) is 10.6. The SMILES string of the molecule is CNC(=O)NC1CCN(c2ncnc3c2cnn3-c2ccccc2F)CC1. The molecule has 1 aromatic carbocycles. The van der Waals surface area contributed by atoms with E-state index >= 15 is 0 Å². The summed E-state index contributed by atoms with van der Waals surface area (Å²) >= 11 is 0. The van der Waals surface area contributed by atoms with Crippen molar-refractivity contribution >= 4 is 22.9 Å². The number of amides is 2. The molecule has 27 heavy (non-hydrogen) atoms. The number of para-hydroxylation sites is 1. The Kier molecular flexibility index (Phi) is 4.57. The lowest BCUT2D eigenvalue weighted by Crippen LogP contribution is -2.47. The summed E-state index contributed by atoms with van der Waals surface area (Å²) in [4.78, 5) is 22.4. The number of hydrogen-bond acceptors (Lipinski definition) is 5. The fourth-order valence-electron chi connectivity index (χ4n) is 3.38. The van der Waals surface area contributed by atoms with Crippen molar-refractivity contribution in [2.75, 3.05) is 25.0 Å². The van der Waals surface area contributed by atoms with Crippen molar-refractivity contribution in [1.82, 2.24) is 30.4 Å². The van der Waals surface area contributed by atoms with Crippen LogP contribution in [-0.2, 0) is 0 Å². The number of fused-ring (bicyclic) bond motifs is 1. The van der Waals surface area contributed by atoms with Crippen LogP contribution in [0, 0.1) is 5.82 Å². The fraction of sp³-hybridized carbons (Fsp3) is 0.333. The van der Waals surface area contributed by atoms with Crippen LogP contribution in [0.15, 0.2) is 36.8 Å². The Morgan fingerprint density at radius 2 is 2.00 bits per heavy atom. The van der Waals surface area contributed by atoms with Crippen LogP contribution in [0.5, 0.6) is 0 Å². The molecule has 1 fully saturated rings. The first-order valence-corrected chi connectivity index (χ1v) is 8.84. The molecule has 0 aliphatic carbocycles. The minimum absolute atomic E-state index is 0.139. The van der Waals surface area contributed by atoms with Crippen LogP contribution in [-0.4, -0.2) is 52.0 Å². The normalized spacial score (nSPS) is 15.1. The maximum atomic E-state index is 14.2. The number of anilines is 1. The van der Waals surface area contributed by atoms with Gasteiger partial charge in [-0.2, -0.15) is 5.10 Å². The molecule has 0 unspecified atom stereocenters. The van der Waals surface area contributed by atoms with E-state index in [-0.39, 0.29) is 17.9 Å². The van der Waals surface area contributed by atoms with E-state index in [0.717, 1.165) is 37.1 Å². The van der Waals surface area contributed by atoms with Crippen LogP contribution in [0.3, 0.4) is 0 Å². The number of nitrogens with zero attached hydrogens (tertiary/aromatic N) is 5. The molecule has 0 atom stereocenters. The third-order valence-electron chi connectivity index (χ3n) is 4.78. The van der Waals surface area contributed by atoms with Crippen LogP contribution in [0.2, 0.25) is 0 Å². The Bertz CT molecular complexity index is 965. The number of nitrogens with one attached hydrogen (secondary N) is 2. The number of piperidine rings is 1. The van der Waals surface area contributed by atoms with Crippen molar-refractivity contribution in [3.63, 3.8) is 0 Å². The highest BCUT2D eigenvalue weighted by Crippen LogP contribution is 2.27. The Balaban J connectivity index is 1.59. The third-order valence-corrected chi connectivity index (χ3v) is 4.78. The fourth-order valence-corrected chi connectivity index (χ4v) is 3.38. The average Bonchev–Trinajstić information content (AvgIpc) is 3.13. The predicted octanol–water partition coefficient (Wildman–Crippen LogP) is 1.85. The molecule has 140 valence electrons. The molecule has 0 spiro atoms. The molecule has 3 heterocycles. The van der Waals surface area contributed by atoms with E-state index in [9.17, 15) is 9.18 Å². The van der Waals surface area contributed by atoms with Crippen LogP contribution >= 0.6 is 0 Å². The van der Waals surface area contributed by atoms with Crippen molar-refractivity contribution in [3.8, 4) is 5.69 Å². The highest BCUT2D eigenvalue weighted by molar-refractivity contribution is 5.87. The topological polar surface area (TPSA) is 88.0 Å². The number of halogens is 1. The Morgan fingerprint density at radius 1 is 1.22 bits per heavy atom. The predicted molar refractivity (Wildman–Crippen MR) is 99.4 cm³/mol. The maximum Gasteiger partial charge on any atom is 0.314 e. The number of urea groups is 1. The largest absolute Gasteiger partial charge is 0.356 e. The van der Waals surface area contributed by atoms with Crippen molar-refractivity contribution in [2.45, 2.75) is 18.9 Å². The Morgan fingerprint density at radius 3 is 2.74 bits per heavy atom. The average molecular weight is 369 g/mol. The lowest BCUT2D eigenvalue weighted by molar-refractivity contribution is 0.236. The molecule has 1 aliphatic heterocycles. The van der Waals surface area contributed by atoms with Gasteiger partial charge in [0.2, 0.25) is 0 Å². The number of aromatic nitrogens is 4. The third kappa shape index (κ3) is 3.27. The molecule has 0 radical (unpaired) electrons. The number of carbonyl (C=O) groups excluding carboxylic acids is 1. The summed E-state index contributed by atoms with van der Waals surface area (Å²) < 4.78 is 15.7. The molecular weight excluding hydrogens is 349 g/mol. The second-order valence-electron chi connectivity index (χ2n) is 6.43. The number of carbonyl (C=O) groups is 1. The number of benzene rings is 1. The van der Waals surface area contributed by atoms with E-state index in [1.54, 1.807) is 31.4 Å². The zero-order valence-corrected chi connectivity index (χ0v) is 14.9. The molecule has 3 aromatic rings. The Hall–Kier alpha value is -3.23. The molecule has 2 N–H and O–H groups in total. The van der Waals surface area contributed by atoms with Crippen molar-refractivity contribution in [3.05, 3.63) is 42.6 Å². The molecule has 0 saturated carbocycles. The summed E-state index contributed by atoms with van der Waals surface area (Å²) in [6, 6.07) is 6.44. The minimum atomic E-state index is -0.358. The smallest absolute Gasteiger partial charge is 0.314 e. The molecule has 0 bridgehead atoms. The zero-order chi connectivity index (χ0) is 18.8. The monoisotopic (exact) mass is 369 g/mol. The molecule has 2 aromatic heterocycles. The first kappa shape index (κ1) is 17.2. The van der Waals surface area contributed by atoms with Gasteiger partial charge in [-0.05, 0) is 25.0 Å². The van der Waals surface area contributed by atoms with Gasteiger partial charge in [-0.3, -0.25) is 0 Å². The maximum absolute atomic E-state index is 14.2. The molecular formula is C18H20FN7O. The summed E-state index contributed by atoms with van der Waals surface area (Å²) in [5.41, 5.74) is 0.918. The van der Waals surface area contributed by atoms with Gasteiger partial charge in [0.05, 0.1) is 11.6 Å². The van der Waals surface area contributed by atoms with Gasteiger partial charge in [0.1, 0.15) is 23.6 Å². The molecule has 1 aliphatic rings. The van der Waals surface area contributed by atoms with Crippen molar-refractivity contribution in [2.24, 2.45) is 0 Å². The first-order valence-electron chi connectivity index (χ1n) is 8.84. The summed E-state index contributed by atoms with van der Waals surface area (Å²) in [7, 11) is 1.61. The van der Waals surface area contributed by atoms with E-state index < -0.39 is 0 Å². The first-order chi connectivity index (χ1) is 13.2. The minimum Gasteiger partial charge on any atom is -0.356 e. The second-order valence-corrected chi connectivity index (χ2v) is 6.43. The molecule has 9 heteroatoms. The van der Waals surface area contributed by atoms with Crippen LogP contribution in [0.4, 0.5) is 15.0 Å². The lowest BCUT2D eigenvalue weighted by Gasteiger charge is -2.33. The zero-order valence-electron chi connectivity index (χ0n) is 14.9. The van der Waals surface area contributed by atoms with E-state index in [2.05, 4.69) is 30.6 Å². The molecule has 1 saturated heterocycles. The summed E-state index contributed by atoms with van der Waals surface area (Å²) in [6.07, 6.45) is 4.79. The van der Waals surface area contributed by atoms with E-state index in [4.69, 9.17) is 0 Å². The molecule has 8 nitrogen and oxygen atoms in total. The Labute approximate surface area is 155 Å². The van der Waals surface area contributed by atoms with Crippen molar-refractivity contribution in [1.29, 1.82) is 0 Å². The number of rotatable bonds is 3. The number of hydrogen-bond donors (Lipinski definition) is 2. The van der Waals surface area contributed by atoms with Gasteiger partial charge >= 0.3 is 6.03 Å². The standard InChI is InChI=1S/C18H20FN7O/c1-20-18(27)24-12-6-8-25(9-7-12)16-13-10-23-26(17(13)22-11-21-16)15-5-3-2-4-14(15)19/h2-5,10-12H,6-9H2,1H3,(H2,20,24,27). The highest BCUT2D eigenvalue weighted by Gasteiger charge is 2.24. The second kappa shape index (κ2) is 7.18. The molecule has 2 amide bonds. The highest BCUT2D eigenvalue weighted by atomic mass is 19.1. The molecule has 4 rings (SSSR count). The van der Waals surface area contributed by atoms with Crippen molar-refractivity contribution < 1.29 is 9.18 Å². The quantitative estimate of drug-likeness (QED) is 0.736. The van der Waals surface area contributed by atoms with Gasteiger partial charge in [0.25, 0.3) is 0 Å². The summed E-state index contributed by atoms with van der Waals surface area (Å²) in [5.74, 6) is 0.421. The van der Waals surface area contributed by atoms with E-state index in [0.29, 0.717) is 11.3 Å². The van der Waals surface area contributed by atoms with Crippen LogP contribution < -0.4 is 15.5 Å².